The number of aliphatic hydroxyl groups excluding tert-OH is 1. The van der Waals surface area contributed by atoms with Gasteiger partial charge in [0.25, 0.3) is 5.92 Å². The first kappa shape index (κ1) is 24.3. The highest BCUT2D eigenvalue weighted by molar-refractivity contribution is 5.89. The number of benzene rings is 1. The molecule has 202 valence electrons. The highest BCUT2D eigenvalue weighted by atomic mass is 19.4. The van der Waals surface area contributed by atoms with Crippen LogP contribution in [-0.2, 0) is 11.3 Å². The quantitative estimate of drug-likeness (QED) is 0.357. The van der Waals surface area contributed by atoms with Gasteiger partial charge in [-0.05, 0) is 30.2 Å². The first-order chi connectivity index (χ1) is 18.4. The van der Waals surface area contributed by atoms with Gasteiger partial charge in [0.2, 0.25) is 17.7 Å². The molecule has 0 saturated carbocycles. The number of nitrogens with one attached hydrogen (secondary N) is 1. The van der Waals surface area contributed by atoms with Crippen LogP contribution in [0.3, 0.4) is 0 Å². The van der Waals surface area contributed by atoms with E-state index in [-0.39, 0.29) is 47.5 Å². The van der Waals surface area contributed by atoms with Gasteiger partial charge in [-0.2, -0.15) is 18.2 Å². The van der Waals surface area contributed by atoms with Gasteiger partial charge in [0.1, 0.15) is 24.2 Å². The zero-order valence-electron chi connectivity index (χ0n) is 20.7. The van der Waals surface area contributed by atoms with Crippen molar-refractivity contribution in [3.05, 3.63) is 30.4 Å². The molecule has 1 aliphatic rings. The molecular weight excluding hydrogens is 519 g/mol. The molecule has 5 rings (SSSR count). The SMILES string of the molecule is [2H]c1cc(-c2ccc3nnn(CC(F)(F)F)c3c2)c2c(OC)nc(N[C@@H]3CCN(C(=O)CO)CC3(F)F)nn12. The largest absolute Gasteiger partial charge is 0.479 e. The second-order valence-electron chi connectivity index (χ2n) is 8.68. The molecule has 1 aliphatic heterocycles. The van der Waals surface area contributed by atoms with Gasteiger partial charge in [-0.25, -0.2) is 18.0 Å². The van der Waals surface area contributed by atoms with Gasteiger partial charge in [0.05, 0.1) is 26.6 Å². The maximum atomic E-state index is 14.8. The summed E-state index contributed by atoms with van der Waals surface area (Å²) < 4.78 is 84.1. The number of hydrogen-bond donors (Lipinski definition) is 2. The molecule has 1 aromatic carbocycles. The Bertz CT molecular complexity index is 1560. The number of hydrogen-bond acceptors (Lipinski definition) is 8. The number of rotatable bonds is 6. The van der Waals surface area contributed by atoms with Gasteiger partial charge in [-0.1, -0.05) is 11.3 Å². The average molecular weight is 541 g/mol. The Hall–Kier alpha value is -4.08. The van der Waals surface area contributed by atoms with E-state index in [0.717, 1.165) is 9.42 Å². The van der Waals surface area contributed by atoms with Gasteiger partial charge < -0.3 is 20.1 Å². The van der Waals surface area contributed by atoms with Crippen molar-refractivity contribution in [2.45, 2.75) is 31.1 Å². The molecule has 4 heterocycles. The van der Waals surface area contributed by atoms with E-state index in [4.69, 9.17) is 11.2 Å². The number of fused-ring (bicyclic) bond motifs is 2. The molecular formula is C22H21F5N8O3. The summed E-state index contributed by atoms with van der Waals surface area (Å²) in [5, 5.41) is 23.0. The second kappa shape index (κ2) is 9.34. The summed E-state index contributed by atoms with van der Waals surface area (Å²) in [5.74, 6) is -4.51. The van der Waals surface area contributed by atoms with Crippen molar-refractivity contribution in [1.29, 1.82) is 0 Å². The fourth-order valence-corrected chi connectivity index (χ4v) is 4.35. The summed E-state index contributed by atoms with van der Waals surface area (Å²) in [5.41, 5.74) is 1.30. The van der Waals surface area contributed by atoms with E-state index in [1.807, 2.05) is 0 Å². The van der Waals surface area contributed by atoms with Gasteiger partial charge in [-0.3, -0.25) is 4.79 Å². The Labute approximate surface area is 212 Å². The molecule has 0 bridgehead atoms. The van der Waals surface area contributed by atoms with Crippen LogP contribution >= 0.6 is 0 Å². The van der Waals surface area contributed by atoms with Gasteiger partial charge in [-0.15, -0.1) is 10.2 Å². The molecule has 16 heteroatoms. The lowest BCUT2D eigenvalue weighted by Crippen LogP contribution is -2.56. The molecule has 0 radical (unpaired) electrons. The summed E-state index contributed by atoms with van der Waals surface area (Å²) in [4.78, 5) is 16.7. The Morgan fingerprint density at radius 3 is 2.82 bits per heavy atom. The zero-order valence-corrected chi connectivity index (χ0v) is 19.7. The smallest absolute Gasteiger partial charge is 0.408 e. The zero-order chi connectivity index (χ0) is 28.1. The molecule has 4 aromatic rings. The Morgan fingerprint density at radius 2 is 2.13 bits per heavy atom. The molecule has 1 amide bonds. The number of aromatic nitrogens is 6. The number of carbonyl (C=O) groups excluding carboxylic acids is 1. The lowest BCUT2D eigenvalue weighted by atomic mass is 10.0. The molecule has 1 saturated heterocycles. The van der Waals surface area contributed by atoms with Crippen LogP contribution in [0.4, 0.5) is 27.9 Å². The van der Waals surface area contributed by atoms with E-state index < -0.39 is 43.7 Å². The average Bonchev–Trinajstić information content (AvgIpc) is 3.43. The van der Waals surface area contributed by atoms with Crippen LogP contribution in [0.2, 0.25) is 0 Å². The normalized spacial score (nSPS) is 18.1. The maximum Gasteiger partial charge on any atom is 0.408 e. The van der Waals surface area contributed by atoms with Crippen LogP contribution in [0, 0.1) is 0 Å². The highest BCUT2D eigenvalue weighted by Gasteiger charge is 2.46. The van der Waals surface area contributed by atoms with Crippen LogP contribution in [0.25, 0.3) is 27.7 Å². The standard InChI is InChI=1S/C22H21F5N8O3/c1-38-19-18-13(12-2-3-14-15(8-12)35(32-30-14)11-22(25,26)27)4-7-34(18)31-20(29-19)28-16-5-6-33(17(37)9-36)10-21(16,23)24/h2-4,7-8,16,36H,5-6,9-11H2,1H3,(H,28,31)/t16-/m1/s1/i7D. The van der Waals surface area contributed by atoms with Crippen LogP contribution < -0.4 is 10.1 Å². The highest BCUT2D eigenvalue weighted by Crippen LogP contribution is 2.34. The Balaban J connectivity index is 1.50. The molecule has 2 N–H and O–H groups in total. The number of anilines is 1. The van der Waals surface area contributed by atoms with Gasteiger partial charge >= 0.3 is 6.18 Å². The van der Waals surface area contributed by atoms with Gasteiger partial charge in [0.15, 0.2) is 0 Å². The molecule has 3 aromatic heterocycles. The molecule has 11 nitrogen and oxygen atoms in total. The summed E-state index contributed by atoms with van der Waals surface area (Å²) in [6, 6.07) is 4.44. The molecule has 0 aliphatic carbocycles. The van der Waals surface area contributed by atoms with Crippen molar-refractivity contribution in [2.24, 2.45) is 0 Å². The van der Waals surface area contributed by atoms with Crippen molar-refractivity contribution < 1.29 is 38.0 Å². The number of alkyl halides is 5. The van der Waals surface area contributed by atoms with Crippen molar-refractivity contribution in [1.82, 2.24) is 34.5 Å². The summed E-state index contributed by atoms with van der Waals surface area (Å²) in [6.07, 6.45) is -4.84. The lowest BCUT2D eigenvalue weighted by Gasteiger charge is -2.38. The summed E-state index contributed by atoms with van der Waals surface area (Å²) >= 11 is 0. The summed E-state index contributed by atoms with van der Waals surface area (Å²) in [6.45, 7) is -3.14. The van der Waals surface area contributed by atoms with E-state index in [1.54, 1.807) is 6.07 Å². The van der Waals surface area contributed by atoms with Crippen molar-refractivity contribution in [3.63, 3.8) is 0 Å². The first-order valence-electron chi connectivity index (χ1n) is 11.8. The number of aliphatic hydroxyl groups is 1. The van der Waals surface area contributed by atoms with E-state index >= 15 is 0 Å². The number of likely N-dealkylation sites (tertiary alicyclic amines) is 1. The van der Waals surface area contributed by atoms with Crippen molar-refractivity contribution >= 4 is 28.4 Å². The van der Waals surface area contributed by atoms with E-state index in [1.165, 1.54) is 25.3 Å². The van der Waals surface area contributed by atoms with Gasteiger partial charge in [0, 0.05) is 18.3 Å². The second-order valence-corrected chi connectivity index (χ2v) is 8.68. The number of piperidine rings is 1. The third-order valence-electron chi connectivity index (χ3n) is 6.14. The van der Waals surface area contributed by atoms with E-state index in [2.05, 4.69) is 25.7 Å². The third kappa shape index (κ3) is 4.78. The lowest BCUT2D eigenvalue weighted by molar-refractivity contribution is -0.145. The van der Waals surface area contributed by atoms with E-state index in [0.29, 0.717) is 15.8 Å². The fraction of sp³-hybridized carbons (Fsp3) is 0.409. The number of nitrogens with zero attached hydrogens (tertiary/aromatic N) is 7. The predicted molar refractivity (Wildman–Crippen MR) is 123 cm³/mol. The Morgan fingerprint density at radius 1 is 1.34 bits per heavy atom. The number of methoxy groups -OCH3 is 1. The molecule has 0 spiro atoms. The third-order valence-corrected chi connectivity index (χ3v) is 6.14. The molecule has 1 fully saturated rings. The maximum absolute atomic E-state index is 14.8. The minimum Gasteiger partial charge on any atom is -0.479 e. The first-order valence-corrected chi connectivity index (χ1v) is 11.3. The van der Waals surface area contributed by atoms with E-state index in [9.17, 15) is 26.7 Å². The van der Waals surface area contributed by atoms with Crippen LogP contribution in [0.1, 0.15) is 7.79 Å². The van der Waals surface area contributed by atoms with Crippen molar-refractivity contribution in [2.75, 3.05) is 32.1 Å². The molecule has 38 heavy (non-hydrogen) atoms. The fourth-order valence-electron chi connectivity index (χ4n) is 4.35. The number of carbonyl (C=O) groups is 1. The number of ether oxygens (including phenoxy) is 1. The molecule has 1 atom stereocenters. The predicted octanol–water partition coefficient (Wildman–Crippen LogP) is 2.35. The topological polar surface area (TPSA) is 123 Å². The summed E-state index contributed by atoms with van der Waals surface area (Å²) in [7, 11) is 1.28. The number of halogens is 5. The Kier molecular flexibility index (Phi) is 5.97. The minimum absolute atomic E-state index is 0.0222. The molecule has 0 unspecified atom stereocenters. The van der Waals surface area contributed by atoms with Crippen LogP contribution in [0.15, 0.2) is 30.4 Å². The monoisotopic (exact) mass is 541 g/mol. The number of amides is 1. The van der Waals surface area contributed by atoms with Crippen molar-refractivity contribution in [3.8, 4) is 17.0 Å². The minimum atomic E-state index is -4.52. The van der Waals surface area contributed by atoms with Crippen LogP contribution in [0.5, 0.6) is 5.88 Å². The van der Waals surface area contributed by atoms with Crippen LogP contribution in [-0.4, -0.2) is 90.5 Å².